The minimum Gasteiger partial charge on any atom is -0.343 e. The van der Waals surface area contributed by atoms with Crippen LogP contribution in [-0.4, -0.2) is 39.1 Å². The summed E-state index contributed by atoms with van der Waals surface area (Å²) in [6.07, 6.45) is 1.71. The molecule has 1 atom stereocenters. The smallest absolute Gasteiger partial charge is 0.251 e. The number of hydrogen-bond donors (Lipinski definition) is 2. The second-order valence-electron chi connectivity index (χ2n) is 7.96. The predicted molar refractivity (Wildman–Crippen MR) is 119 cm³/mol. The fraction of sp³-hybridized carbons (Fsp3) is 0.364. The Balaban J connectivity index is 1.66. The monoisotopic (exact) mass is 429 g/mol. The van der Waals surface area contributed by atoms with Crippen LogP contribution in [0.4, 0.5) is 11.4 Å². The van der Waals surface area contributed by atoms with Crippen molar-refractivity contribution in [3.05, 3.63) is 58.1 Å². The van der Waals surface area contributed by atoms with Gasteiger partial charge in [-0.1, -0.05) is 17.7 Å². The van der Waals surface area contributed by atoms with E-state index in [-0.39, 0.29) is 24.4 Å². The molecule has 0 bridgehead atoms. The van der Waals surface area contributed by atoms with Crippen LogP contribution in [0.15, 0.2) is 30.3 Å². The largest absolute Gasteiger partial charge is 0.343 e. The SMILES string of the molecule is Cc1cc(C)c(NC(=O)CNC(=O)c2ccc3c(c2)CC(C)N3S(C)(=O)=O)c(C)c1. The Hall–Kier alpha value is -2.87. The van der Waals surface area contributed by atoms with Crippen molar-refractivity contribution in [1.82, 2.24) is 5.32 Å². The molecule has 0 saturated heterocycles. The lowest BCUT2D eigenvalue weighted by atomic mass is 10.1. The van der Waals surface area contributed by atoms with E-state index in [4.69, 9.17) is 0 Å². The molecule has 2 aromatic carbocycles. The van der Waals surface area contributed by atoms with Gasteiger partial charge in [0.2, 0.25) is 15.9 Å². The topological polar surface area (TPSA) is 95.6 Å². The Morgan fingerprint density at radius 2 is 1.73 bits per heavy atom. The van der Waals surface area contributed by atoms with Crippen LogP contribution in [0, 0.1) is 20.8 Å². The molecule has 2 N–H and O–H groups in total. The highest BCUT2D eigenvalue weighted by molar-refractivity contribution is 7.92. The fourth-order valence-electron chi connectivity index (χ4n) is 4.07. The van der Waals surface area contributed by atoms with E-state index in [1.165, 1.54) is 10.6 Å². The van der Waals surface area contributed by atoms with Crippen LogP contribution < -0.4 is 14.9 Å². The molecule has 30 heavy (non-hydrogen) atoms. The summed E-state index contributed by atoms with van der Waals surface area (Å²) in [7, 11) is -3.38. The van der Waals surface area contributed by atoms with Crippen molar-refractivity contribution in [3.63, 3.8) is 0 Å². The molecule has 1 aliphatic heterocycles. The molecule has 1 heterocycles. The maximum Gasteiger partial charge on any atom is 0.251 e. The van der Waals surface area contributed by atoms with Gasteiger partial charge in [0.15, 0.2) is 0 Å². The van der Waals surface area contributed by atoms with Crippen LogP contribution in [-0.2, 0) is 21.2 Å². The molecule has 2 amide bonds. The predicted octanol–water partition coefficient (Wildman–Crippen LogP) is 2.69. The zero-order valence-electron chi connectivity index (χ0n) is 17.9. The number of hydrogen-bond acceptors (Lipinski definition) is 4. The molecule has 0 saturated carbocycles. The van der Waals surface area contributed by atoms with E-state index < -0.39 is 10.0 Å². The van der Waals surface area contributed by atoms with E-state index in [1.54, 1.807) is 18.2 Å². The van der Waals surface area contributed by atoms with Crippen LogP contribution in [0.1, 0.15) is 39.5 Å². The molecule has 7 nitrogen and oxygen atoms in total. The van der Waals surface area contributed by atoms with Crippen LogP contribution >= 0.6 is 0 Å². The third-order valence-corrected chi connectivity index (χ3v) is 6.47. The quantitative estimate of drug-likeness (QED) is 0.764. The van der Waals surface area contributed by atoms with Gasteiger partial charge in [-0.2, -0.15) is 0 Å². The number of nitrogens with zero attached hydrogens (tertiary/aromatic N) is 1. The van der Waals surface area contributed by atoms with Crippen molar-refractivity contribution in [1.29, 1.82) is 0 Å². The first kappa shape index (κ1) is 21.8. The van der Waals surface area contributed by atoms with Gasteiger partial charge in [-0.15, -0.1) is 0 Å². The van der Waals surface area contributed by atoms with Gasteiger partial charge in [0.05, 0.1) is 18.5 Å². The number of nitrogens with one attached hydrogen (secondary N) is 2. The van der Waals surface area contributed by atoms with E-state index in [9.17, 15) is 18.0 Å². The first-order valence-electron chi connectivity index (χ1n) is 9.75. The van der Waals surface area contributed by atoms with Gasteiger partial charge in [0.25, 0.3) is 5.91 Å². The summed E-state index contributed by atoms with van der Waals surface area (Å²) in [4.78, 5) is 24.8. The van der Waals surface area contributed by atoms with Gasteiger partial charge in [-0.05, 0) is 69.0 Å². The molecule has 0 aliphatic carbocycles. The highest BCUT2D eigenvalue weighted by Crippen LogP contribution is 2.34. The number of amides is 2. The van der Waals surface area contributed by atoms with Gasteiger partial charge in [-0.25, -0.2) is 8.42 Å². The molecule has 2 aromatic rings. The average molecular weight is 430 g/mol. The molecule has 0 fully saturated rings. The van der Waals surface area contributed by atoms with E-state index in [1.807, 2.05) is 39.8 Å². The van der Waals surface area contributed by atoms with Crippen LogP contribution in [0.2, 0.25) is 0 Å². The van der Waals surface area contributed by atoms with E-state index in [0.29, 0.717) is 17.7 Å². The molecular weight excluding hydrogens is 402 g/mol. The maximum atomic E-state index is 12.5. The number of sulfonamides is 1. The zero-order chi connectivity index (χ0) is 22.2. The summed E-state index contributed by atoms with van der Waals surface area (Å²) in [6, 6.07) is 8.71. The highest BCUT2D eigenvalue weighted by Gasteiger charge is 2.32. The van der Waals surface area contributed by atoms with Crippen LogP contribution in [0.5, 0.6) is 0 Å². The van der Waals surface area contributed by atoms with Gasteiger partial charge in [0, 0.05) is 17.3 Å². The van der Waals surface area contributed by atoms with Crippen LogP contribution in [0.25, 0.3) is 0 Å². The summed E-state index contributed by atoms with van der Waals surface area (Å²) in [5.74, 6) is -0.688. The molecule has 160 valence electrons. The zero-order valence-corrected chi connectivity index (χ0v) is 18.7. The number of benzene rings is 2. The van der Waals surface area contributed by atoms with Gasteiger partial charge < -0.3 is 10.6 Å². The molecular formula is C22H27N3O4S. The Morgan fingerprint density at radius 3 is 2.33 bits per heavy atom. The van der Waals surface area contributed by atoms with Crippen molar-refractivity contribution in [2.75, 3.05) is 22.4 Å². The molecule has 1 unspecified atom stereocenters. The molecule has 1 aliphatic rings. The van der Waals surface area contributed by atoms with Gasteiger partial charge in [0.1, 0.15) is 0 Å². The van der Waals surface area contributed by atoms with E-state index in [0.717, 1.165) is 27.9 Å². The number of aryl methyl sites for hydroxylation is 3. The average Bonchev–Trinajstić information content (AvgIpc) is 2.97. The third kappa shape index (κ3) is 4.48. The third-order valence-electron chi connectivity index (χ3n) is 5.20. The Kier molecular flexibility index (Phi) is 5.90. The van der Waals surface area contributed by atoms with Crippen molar-refractivity contribution < 1.29 is 18.0 Å². The Morgan fingerprint density at radius 1 is 1.10 bits per heavy atom. The number of carbonyl (C=O) groups excluding carboxylic acids is 2. The first-order valence-corrected chi connectivity index (χ1v) is 11.6. The van der Waals surface area contributed by atoms with Crippen molar-refractivity contribution in [2.45, 2.75) is 40.2 Å². The second-order valence-corrected chi connectivity index (χ2v) is 9.82. The summed E-state index contributed by atoms with van der Waals surface area (Å²) in [5, 5.41) is 5.49. The Labute approximate surface area is 177 Å². The summed E-state index contributed by atoms with van der Waals surface area (Å²) >= 11 is 0. The molecule has 3 rings (SSSR count). The second kappa shape index (κ2) is 8.10. The highest BCUT2D eigenvalue weighted by atomic mass is 32.2. The minimum absolute atomic E-state index is 0.158. The van der Waals surface area contributed by atoms with E-state index >= 15 is 0 Å². The molecule has 0 aromatic heterocycles. The van der Waals surface area contributed by atoms with Crippen molar-refractivity contribution >= 4 is 33.2 Å². The maximum absolute atomic E-state index is 12.5. The lowest BCUT2D eigenvalue weighted by Gasteiger charge is -2.21. The Bertz CT molecular complexity index is 1100. The molecule has 0 spiro atoms. The summed E-state index contributed by atoms with van der Waals surface area (Å²) in [6.45, 7) is 7.53. The first-order chi connectivity index (χ1) is 14.0. The number of carbonyl (C=O) groups is 2. The van der Waals surface area contributed by atoms with Crippen molar-refractivity contribution in [2.24, 2.45) is 0 Å². The fourth-order valence-corrected chi connectivity index (χ4v) is 5.34. The van der Waals surface area contributed by atoms with Crippen LogP contribution in [0.3, 0.4) is 0 Å². The lowest BCUT2D eigenvalue weighted by molar-refractivity contribution is -0.115. The van der Waals surface area contributed by atoms with Crippen molar-refractivity contribution in [3.8, 4) is 0 Å². The van der Waals surface area contributed by atoms with Gasteiger partial charge in [-0.3, -0.25) is 13.9 Å². The normalized spacial score (nSPS) is 15.6. The van der Waals surface area contributed by atoms with E-state index in [2.05, 4.69) is 10.6 Å². The number of anilines is 2. The standard InChI is InChI=1S/C22H27N3O4S/c1-13-8-14(2)21(15(3)9-13)24-20(26)12-23-22(27)17-6-7-19-18(11-17)10-16(4)25(19)30(5,28)29/h6-9,11,16H,10,12H2,1-5H3,(H,23,27)(H,24,26). The number of fused-ring (bicyclic) bond motifs is 1. The minimum atomic E-state index is -3.38. The van der Waals surface area contributed by atoms with Gasteiger partial charge >= 0.3 is 0 Å². The molecule has 8 heteroatoms. The number of rotatable bonds is 5. The summed E-state index contributed by atoms with van der Waals surface area (Å²) < 4.78 is 25.4. The summed E-state index contributed by atoms with van der Waals surface area (Å²) in [5.41, 5.74) is 5.61. The molecule has 0 radical (unpaired) electrons. The lowest BCUT2D eigenvalue weighted by Crippen LogP contribution is -2.34.